The van der Waals surface area contributed by atoms with Crippen LogP contribution in [0.15, 0.2) is 78.9 Å². The van der Waals surface area contributed by atoms with Gasteiger partial charge in [-0.1, -0.05) is 65.3 Å². The molecule has 0 amide bonds. The number of aromatic nitrogens is 4. The molecule has 6 nitrogen and oxygen atoms in total. The molecule has 1 saturated heterocycles. The zero-order chi connectivity index (χ0) is 21.5. The van der Waals surface area contributed by atoms with Crippen LogP contribution in [-0.2, 0) is 0 Å². The number of para-hydroxylation sites is 1. The van der Waals surface area contributed by atoms with Crippen molar-refractivity contribution in [3.05, 3.63) is 83.9 Å². The van der Waals surface area contributed by atoms with E-state index in [-0.39, 0.29) is 0 Å². The number of rotatable bonds is 3. The van der Waals surface area contributed by atoms with Crippen LogP contribution in [0.3, 0.4) is 0 Å². The lowest BCUT2D eigenvalue weighted by Gasteiger charge is -2.37. The summed E-state index contributed by atoms with van der Waals surface area (Å²) in [6.07, 6.45) is 0. The van der Waals surface area contributed by atoms with E-state index >= 15 is 0 Å². The predicted molar refractivity (Wildman–Crippen MR) is 130 cm³/mol. The highest BCUT2D eigenvalue weighted by molar-refractivity contribution is 6.30. The molecule has 1 fully saturated rings. The van der Waals surface area contributed by atoms with Gasteiger partial charge in [0.1, 0.15) is 11.5 Å². The first-order chi connectivity index (χ1) is 15.8. The van der Waals surface area contributed by atoms with Crippen LogP contribution in [0.2, 0.25) is 5.02 Å². The number of benzene rings is 3. The molecule has 0 saturated carbocycles. The monoisotopic (exact) mass is 440 g/mol. The molecule has 7 heteroatoms. The van der Waals surface area contributed by atoms with Gasteiger partial charge in [0, 0.05) is 47.8 Å². The Labute approximate surface area is 190 Å². The van der Waals surface area contributed by atoms with E-state index in [2.05, 4.69) is 44.4 Å². The second-order valence-electron chi connectivity index (χ2n) is 7.95. The fourth-order valence-electron chi connectivity index (χ4n) is 4.42. The molecule has 32 heavy (non-hydrogen) atoms. The summed E-state index contributed by atoms with van der Waals surface area (Å²) in [5, 5.41) is 10.8. The minimum Gasteiger partial charge on any atom is -0.368 e. The summed E-state index contributed by atoms with van der Waals surface area (Å²) in [6, 6.07) is 26.5. The molecule has 1 aliphatic rings. The minimum absolute atomic E-state index is 0.768. The van der Waals surface area contributed by atoms with Gasteiger partial charge in [0.25, 0.3) is 0 Å². The fourth-order valence-corrected chi connectivity index (χ4v) is 4.61. The average molecular weight is 441 g/mol. The fraction of sp³-hybridized carbons (Fsp3) is 0.160. The lowest BCUT2D eigenvalue weighted by molar-refractivity contribution is 0.649. The van der Waals surface area contributed by atoms with E-state index in [1.54, 1.807) is 0 Å². The third-order valence-electron chi connectivity index (χ3n) is 6.03. The largest absolute Gasteiger partial charge is 0.368 e. The molecule has 0 spiro atoms. The average Bonchev–Trinajstić information content (AvgIpc) is 3.29. The quantitative estimate of drug-likeness (QED) is 0.398. The maximum Gasteiger partial charge on any atom is 0.186 e. The lowest BCUT2D eigenvalue weighted by atomic mass is 10.1. The first-order valence-electron chi connectivity index (χ1n) is 10.7. The number of nitrogens with zero attached hydrogens (tertiary/aromatic N) is 6. The van der Waals surface area contributed by atoms with Gasteiger partial charge < -0.3 is 9.80 Å². The molecule has 1 aliphatic heterocycles. The molecule has 3 heterocycles. The van der Waals surface area contributed by atoms with Gasteiger partial charge in [-0.15, -0.1) is 5.10 Å². The van der Waals surface area contributed by atoms with E-state index < -0.39 is 0 Å². The van der Waals surface area contributed by atoms with Gasteiger partial charge in [0.05, 0.1) is 5.52 Å². The molecule has 3 aromatic carbocycles. The molecular weight excluding hydrogens is 420 g/mol. The summed E-state index contributed by atoms with van der Waals surface area (Å²) in [4.78, 5) is 9.84. The Morgan fingerprint density at radius 1 is 0.750 bits per heavy atom. The van der Waals surface area contributed by atoms with Crippen LogP contribution < -0.4 is 9.80 Å². The molecule has 0 atom stereocenters. The van der Waals surface area contributed by atoms with Gasteiger partial charge in [-0.3, -0.25) is 0 Å². The first-order valence-corrected chi connectivity index (χ1v) is 11.1. The van der Waals surface area contributed by atoms with E-state index in [9.17, 15) is 0 Å². The van der Waals surface area contributed by atoms with Gasteiger partial charge in [-0.2, -0.15) is 4.52 Å². The second-order valence-corrected chi connectivity index (χ2v) is 8.38. The van der Waals surface area contributed by atoms with Crippen molar-refractivity contribution in [1.82, 2.24) is 19.8 Å². The van der Waals surface area contributed by atoms with Crippen LogP contribution in [0.1, 0.15) is 0 Å². The number of anilines is 2. The van der Waals surface area contributed by atoms with Crippen LogP contribution >= 0.6 is 11.6 Å². The SMILES string of the molecule is Clc1cccc(N2CCN(c3nc4c(-c5ccccc5)nnn4c4ccccc34)CC2)c1. The Morgan fingerprint density at radius 3 is 2.31 bits per heavy atom. The topological polar surface area (TPSA) is 49.6 Å². The highest BCUT2D eigenvalue weighted by atomic mass is 35.5. The van der Waals surface area contributed by atoms with Crippen molar-refractivity contribution in [2.75, 3.05) is 36.0 Å². The minimum atomic E-state index is 0.768. The number of halogens is 1. The maximum atomic E-state index is 6.20. The highest BCUT2D eigenvalue weighted by Gasteiger charge is 2.23. The maximum absolute atomic E-state index is 6.20. The Bertz CT molecular complexity index is 1410. The normalized spacial score (nSPS) is 14.4. The molecule has 0 N–H and O–H groups in total. The van der Waals surface area contributed by atoms with Crippen molar-refractivity contribution < 1.29 is 0 Å². The lowest BCUT2D eigenvalue weighted by Crippen LogP contribution is -2.47. The first kappa shape index (κ1) is 19.1. The Morgan fingerprint density at radius 2 is 1.50 bits per heavy atom. The van der Waals surface area contributed by atoms with E-state index in [0.29, 0.717) is 0 Å². The molecule has 0 unspecified atom stereocenters. The number of hydrogen-bond acceptors (Lipinski definition) is 5. The van der Waals surface area contributed by atoms with Crippen LogP contribution in [-0.4, -0.2) is 46.0 Å². The molecule has 0 aliphatic carbocycles. The number of fused-ring (bicyclic) bond motifs is 3. The van der Waals surface area contributed by atoms with Crippen molar-refractivity contribution in [2.45, 2.75) is 0 Å². The van der Waals surface area contributed by atoms with Crippen LogP contribution in [0.25, 0.3) is 27.8 Å². The van der Waals surface area contributed by atoms with Gasteiger partial charge in [0.2, 0.25) is 0 Å². The third kappa shape index (κ3) is 3.24. The van der Waals surface area contributed by atoms with Crippen molar-refractivity contribution in [3.63, 3.8) is 0 Å². The summed E-state index contributed by atoms with van der Waals surface area (Å²) in [5.41, 5.74) is 4.77. The number of hydrogen-bond donors (Lipinski definition) is 0. The highest BCUT2D eigenvalue weighted by Crippen LogP contribution is 2.31. The van der Waals surface area contributed by atoms with Crippen molar-refractivity contribution in [3.8, 4) is 11.3 Å². The Balaban J connectivity index is 1.40. The molecule has 2 aromatic heterocycles. The molecule has 0 bridgehead atoms. The van der Waals surface area contributed by atoms with Gasteiger partial charge in [0.15, 0.2) is 5.65 Å². The summed E-state index contributed by atoms with van der Waals surface area (Å²) >= 11 is 6.20. The second kappa shape index (κ2) is 7.80. The summed E-state index contributed by atoms with van der Waals surface area (Å²) in [5.74, 6) is 0.985. The van der Waals surface area contributed by atoms with Gasteiger partial charge in [-0.05, 0) is 30.3 Å². The Kier molecular flexibility index (Phi) is 4.65. The van der Waals surface area contributed by atoms with E-state index in [1.165, 1.54) is 0 Å². The molecule has 0 radical (unpaired) electrons. The summed E-state index contributed by atoms with van der Waals surface area (Å²) in [6.45, 7) is 3.57. The molecule has 5 aromatic rings. The molecular formula is C25H21ClN6. The Hall–Kier alpha value is -3.64. The van der Waals surface area contributed by atoms with E-state index in [4.69, 9.17) is 16.6 Å². The molecule has 158 valence electrons. The standard InChI is InChI=1S/C25H21ClN6/c26-19-9-6-10-20(17-19)30-13-15-31(16-14-30)24-21-11-4-5-12-22(21)32-25(27-24)23(28-29-32)18-7-2-1-3-8-18/h1-12,17H,13-16H2. The van der Waals surface area contributed by atoms with E-state index in [1.807, 2.05) is 59.1 Å². The zero-order valence-corrected chi connectivity index (χ0v) is 18.2. The van der Waals surface area contributed by atoms with Crippen molar-refractivity contribution >= 4 is 39.7 Å². The zero-order valence-electron chi connectivity index (χ0n) is 17.4. The smallest absolute Gasteiger partial charge is 0.186 e. The predicted octanol–water partition coefficient (Wildman–Crippen LogP) is 4.92. The summed E-state index contributed by atoms with van der Waals surface area (Å²) < 4.78 is 1.85. The number of piperazine rings is 1. The summed E-state index contributed by atoms with van der Waals surface area (Å²) in [7, 11) is 0. The van der Waals surface area contributed by atoms with Crippen LogP contribution in [0.4, 0.5) is 11.5 Å². The van der Waals surface area contributed by atoms with Crippen molar-refractivity contribution in [1.29, 1.82) is 0 Å². The molecule has 6 rings (SSSR count). The van der Waals surface area contributed by atoms with Gasteiger partial charge >= 0.3 is 0 Å². The van der Waals surface area contributed by atoms with Crippen LogP contribution in [0.5, 0.6) is 0 Å². The van der Waals surface area contributed by atoms with Crippen LogP contribution in [0, 0.1) is 0 Å². The van der Waals surface area contributed by atoms with Gasteiger partial charge in [-0.25, -0.2) is 4.98 Å². The van der Waals surface area contributed by atoms with Crippen molar-refractivity contribution in [2.24, 2.45) is 0 Å². The third-order valence-corrected chi connectivity index (χ3v) is 6.27. The van der Waals surface area contributed by atoms with E-state index in [0.717, 1.165) is 70.5 Å².